The summed E-state index contributed by atoms with van der Waals surface area (Å²) in [5.74, 6) is 1.73. The van der Waals surface area contributed by atoms with E-state index < -0.39 is 0 Å². The first-order chi connectivity index (χ1) is 12.0. The summed E-state index contributed by atoms with van der Waals surface area (Å²) >= 11 is 12.1. The Bertz CT molecular complexity index is 902. The molecule has 0 bridgehead atoms. The average Bonchev–Trinajstić information content (AvgIpc) is 2.59. The summed E-state index contributed by atoms with van der Waals surface area (Å²) in [6.07, 6.45) is 1.66. The van der Waals surface area contributed by atoms with Crippen LogP contribution < -0.4 is 15.4 Å². The second kappa shape index (κ2) is 7.59. The largest absolute Gasteiger partial charge is 0.495 e. The summed E-state index contributed by atoms with van der Waals surface area (Å²) in [6, 6.07) is 12.7. The van der Waals surface area contributed by atoms with Crippen LogP contribution >= 0.6 is 23.2 Å². The van der Waals surface area contributed by atoms with E-state index in [4.69, 9.17) is 27.9 Å². The molecule has 0 unspecified atom stereocenters. The Balaban J connectivity index is 1.85. The van der Waals surface area contributed by atoms with Gasteiger partial charge in [0, 0.05) is 21.9 Å². The van der Waals surface area contributed by atoms with Crippen LogP contribution in [0, 0.1) is 6.92 Å². The van der Waals surface area contributed by atoms with Crippen molar-refractivity contribution in [1.29, 1.82) is 0 Å². The van der Waals surface area contributed by atoms with Crippen molar-refractivity contribution in [2.24, 2.45) is 0 Å². The summed E-state index contributed by atoms with van der Waals surface area (Å²) < 4.78 is 5.33. The zero-order valence-electron chi connectivity index (χ0n) is 13.7. The molecule has 0 aliphatic heterocycles. The smallest absolute Gasteiger partial charge is 0.229 e. The lowest BCUT2D eigenvalue weighted by atomic mass is 10.2. The predicted molar refractivity (Wildman–Crippen MR) is 103 cm³/mol. The molecular formula is C18H16Cl2N4O. The fourth-order valence-corrected chi connectivity index (χ4v) is 2.60. The molecule has 0 aliphatic carbocycles. The number of aromatic nitrogens is 2. The van der Waals surface area contributed by atoms with Crippen LogP contribution in [0.2, 0.25) is 10.0 Å². The highest BCUT2D eigenvalue weighted by Crippen LogP contribution is 2.30. The van der Waals surface area contributed by atoms with Crippen LogP contribution in [0.3, 0.4) is 0 Å². The second-order valence-electron chi connectivity index (χ2n) is 5.32. The Kier molecular flexibility index (Phi) is 5.26. The Morgan fingerprint density at radius 2 is 1.64 bits per heavy atom. The van der Waals surface area contributed by atoms with Gasteiger partial charge in [0.15, 0.2) is 0 Å². The Hall–Kier alpha value is -2.50. The van der Waals surface area contributed by atoms with Crippen molar-refractivity contribution in [3.05, 3.63) is 64.3 Å². The van der Waals surface area contributed by atoms with Crippen molar-refractivity contribution in [2.75, 3.05) is 17.7 Å². The molecule has 0 saturated carbocycles. The topological polar surface area (TPSA) is 59.1 Å². The van der Waals surface area contributed by atoms with Gasteiger partial charge in [0.05, 0.1) is 12.8 Å². The number of nitrogens with one attached hydrogen (secondary N) is 2. The number of methoxy groups -OCH3 is 1. The minimum absolute atomic E-state index is 0.455. The van der Waals surface area contributed by atoms with Crippen molar-refractivity contribution in [1.82, 2.24) is 9.97 Å². The average molecular weight is 375 g/mol. The second-order valence-corrected chi connectivity index (χ2v) is 6.19. The highest BCUT2D eigenvalue weighted by atomic mass is 35.5. The Morgan fingerprint density at radius 3 is 2.40 bits per heavy atom. The number of ether oxygens (including phenoxy) is 1. The van der Waals surface area contributed by atoms with Crippen LogP contribution in [0.4, 0.5) is 23.1 Å². The maximum Gasteiger partial charge on any atom is 0.229 e. The van der Waals surface area contributed by atoms with Crippen LogP contribution in [0.25, 0.3) is 0 Å². The van der Waals surface area contributed by atoms with Gasteiger partial charge >= 0.3 is 0 Å². The predicted octanol–water partition coefficient (Wildman–Crippen LogP) is 5.59. The third-order valence-electron chi connectivity index (χ3n) is 3.53. The molecule has 25 heavy (non-hydrogen) atoms. The van der Waals surface area contributed by atoms with Crippen LogP contribution in [-0.4, -0.2) is 17.1 Å². The molecule has 0 fully saturated rings. The van der Waals surface area contributed by atoms with E-state index in [1.54, 1.807) is 37.6 Å². The SMILES string of the molecule is COc1ccc(Cl)cc1Nc1ccnc(Nc2cc(Cl)ccc2C)n1. The van der Waals surface area contributed by atoms with Gasteiger partial charge < -0.3 is 15.4 Å². The fraction of sp³-hybridized carbons (Fsp3) is 0.111. The minimum atomic E-state index is 0.455. The van der Waals surface area contributed by atoms with Crippen LogP contribution in [0.15, 0.2) is 48.7 Å². The van der Waals surface area contributed by atoms with E-state index in [0.29, 0.717) is 27.6 Å². The molecule has 0 saturated heterocycles. The van der Waals surface area contributed by atoms with E-state index in [-0.39, 0.29) is 0 Å². The molecule has 2 aromatic carbocycles. The molecule has 2 N–H and O–H groups in total. The van der Waals surface area contributed by atoms with Crippen molar-refractivity contribution in [3.63, 3.8) is 0 Å². The van der Waals surface area contributed by atoms with Crippen molar-refractivity contribution >= 4 is 46.3 Å². The molecule has 128 valence electrons. The number of hydrogen-bond acceptors (Lipinski definition) is 5. The van der Waals surface area contributed by atoms with Crippen LogP contribution in [-0.2, 0) is 0 Å². The standard InChI is InChI=1S/C18H16Cl2N4O/c1-11-3-4-12(19)9-14(11)23-18-21-8-7-17(24-18)22-15-10-13(20)5-6-16(15)25-2/h3-10H,1-2H3,(H2,21,22,23,24). The molecule has 0 atom stereocenters. The van der Waals surface area contributed by atoms with Crippen molar-refractivity contribution in [2.45, 2.75) is 6.92 Å². The van der Waals surface area contributed by atoms with E-state index in [9.17, 15) is 0 Å². The monoisotopic (exact) mass is 374 g/mol. The maximum absolute atomic E-state index is 6.06. The van der Waals surface area contributed by atoms with Gasteiger partial charge in [-0.2, -0.15) is 4.98 Å². The molecule has 3 rings (SSSR count). The van der Waals surface area contributed by atoms with Gasteiger partial charge in [-0.3, -0.25) is 0 Å². The molecule has 3 aromatic rings. The van der Waals surface area contributed by atoms with Gasteiger partial charge in [-0.05, 0) is 48.9 Å². The Labute approximate surface area is 156 Å². The van der Waals surface area contributed by atoms with Gasteiger partial charge in [-0.15, -0.1) is 0 Å². The number of hydrogen-bond donors (Lipinski definition) is 2. The number of aryl methyl sites for hydroxylation is 1. The fourth-order valence-electron chi connectivity index (χ4n) is 2.25. The van der Waals surface area contributed by atoms with E-state index in [2.05, 4.69) is 20.6 Å². The lowest BCUT2D eigenvalue weighted by molar-refractivity contribution is 0.417. The minimum Gasteiger partial charge on any atom is -0.495 e. The summed E-state index contributed by atoms with van der Waals surface area (Å²) in [5, 5.41) is 7.61. The summed E-state index contributed by atoms with van der Waals surface area (Å²) in [5.41, 5.74) is 2.62. The molecule has 1 heterocycles. The Morgan fingerprint density at radius 1 is 0.920 bits per heavy atom. The van der Waals surface area contributed by atoms with E-state index in [1.165, 1.54) is 0 Å². The van der Waals surface area contributed by atoms with Gasteiger partial charge in [-0.25, -0.2) is 4.98 Å². The summed E-state index contributed by atoms with van der Waals surface area (Å²) in [6.45, 7) is 1.98. The molecule has 0 radical (unpaired) electrons. The highest BCUT2D eigenvalue weighted by molar-refractivity contribution is 6.31. The highest BCUT2D eigenvalue weighted by Gasteiger charge is 2.07. The molecule has 5 nitrogen and oxygen atoms in total. The van der Waals surface area contributed by atoms with Crippen molar-refractivity contribution < 1.29 is 4.74 Å². The van der Waals surface area contributed by atoms with E-state index in [0.717, 1.165) is 16.9 Å². The number of rotatable bonds is 5. The lowest BCUT2D eigenvalue weighted by Gasteiger charge is -2.12. The molecule has 0 amide bonds. The van der Waals surface area contributed by atoms with Crippen LogP contribution in [0.1, 0.15) is 5.56 Å². The molecule has 0 aliphatic rings. The summed E-state index contributed by atoms with van der Waals surface area (Å²) in [4.78, 5) is 8.71. The van der Waals surface area contributed by atoms with Gasteiger partial charge in [0.2, 0.25) is 5.95 Å². The first-order valence-electron chi connectivity index (χ1n) is 7.52. The van der Waals surface area contributed by atoms with E-state index in [1.807, 2.05) is 25.1 Å². The van der Waals surface area contributed by atoms with Gasteiger partial charge in [-0.1, -0.05) is 29.3 Å². The third-order valence-corrected chi connectivity index (χ3v) is 4.00. The molecule has 1 aromatic heterocycles. The lowest BCUT2D eigenvalue weighted by Crippen LogP contribution is -2.02. The van der Waals surface area contributed by atoms with E-state index >= 15 is 0 Å². The first kappa shape index (κ1) is 17.3. The van der Waals surface area contributed by atoms with Crippen LogP contribution in [0.5, 0.6) is 5.75 Å². The molecule has 0 spiro atoms. The zero-order valence-corrected chi connectivity index (χ0v) is 15.2. The quantitative estimate of drug-likeness (QED) is 0.609. The zero-order chi connectivity index (χ0) is 17.8. The first-order valence-corrected chi connectivity index (χ1v) is 8.27. The number of halogens is 2. The summed E-state index contributed by atoms with van der Waals surface area (Å²) in [7, 11) is 1.60. The number of anilines is 4. The third kappa shape index (κ3) is 4.32. The number of benzene rings is 2. The normalized spacial score (nSPS) is 10.4. The molecule has 7 heteroatoms. The molecular weight excluding hydrogens is 359 g/mol. The maximum atomic E-state index is 6.06. The van der Waals surface area contributed by atoms with Crippen molar-refractivity contribution in [3.8, 4) is 5.75 Å². The number of nitrogens with zero attached hydrogens (tertiary/aromatic N) is 2. The van der Waals surface area contributed by atoms with Gasteiger partial charge in [0.25, 0.3) is 0 Å². The van der Waals surface area contributed by atoms with Gasteiger partial charge in [0.1, 0.15) is 11.6 Å².